The lowest BCUT2D eigenvalue weighted by atomic mass is 9.82. The van der Waals surface area contributed by atoms with Crippen molar-refractivity contribution >= 4 is 17.6 Å². The van der Waals surface area contributed by atoms with Crippen LogP contribution in [0.25, 0.3) is 0 Å². The van der Waals surface area contributed by atoms with Crippen molar-refractivity contribution < 1.29 is 19.4 Å². The Balaban J connectivity index is 1.75. The number of carbonyl (C=O) groups excluding carboxylic acids is 1. The molecule has 2 aliphatic rings. The third kappa shape index (κ3) is 2.37. The summed E-state index contributed by atoms with van der Waals surface area (Å²) < 4.78 is 4.95. The number of hydrogen-bond acceptors (Lipinski definition) is 4. The summed E-state index contributed by atoms with van der Waals surface area (Å²) in [7, 11) is 1.51. The molecule has 6 nitrogen and oxygen atoms in total. The summed E-state index contributed by atoms with van der Waals surface area (Å²) >= 11 is 0. The van der Waals surface area contributed by atoms with Crippen LogP contribution in [0.4, 0.5) is 5.69 Å². The summed E-state index contributed by atoms with van der Waals surface area (Å²) in [5.74, 6) is -1.87. The molecule has 2 aliphatic carbocycles. The first-order valence-corrected chi connectivity index (χ1v) is 6.82. The molecule has 1 amide bonds. The Morgan fingerprint density at radius 1 is 1.29 bits per heavy atom. The lowest BCUT2D eigenvalue weighted by molar-refractivity contribution is -0.146. The largest absolute Gasteiger partial charge is 0.481 e. The van der Waals surface area contributed by atoms with E-state index in [0.717, 1.165) is 6.42 Å². The molecule has 2 bridgehead atoms. The molecule has 0 saturated heterocycles. The molecule has 21 heavy (non-hydrogen) atoms. The summed E-state index contributed by atoms with van der Waals surface area (Å²) in [4.78, 5) is 27.8. The van der Waals surface area contributed by atoms with Crippen molar-refractivity contribution in [2.75, 3.05) is 12.4 Å². The summed E-state index contributed by atoms with van der Waals surface area (Å²) in [6.07, 6.45) is 6.12. The molecule has 0 spiro atoms. The number of hydrogen-bond donors (Lipinski definition) is 2. The van der Waals surface area contributed by atoms with E-state index in [9.17, 15) is 14.7 Å². The van der Waals surface area contributed by atoms with Crippen LogP contribution < -0.4 is 10.1 Å². The molecule has 0 aliphatic heterocycles. The van der Waals surface area contributed by atoms with Crippen LogP contribution in [-0.4, -0.2) is 29.1 Å². The van der Waals surface area contributed by atoms with E-state index in [1.165, 1.54) is 13.3 Å². The molecule has 1 heterocycles. The zero-order chi connectivity index (χ0) is 15.0. The highest BCUT2D eigenvalue weighted by molar-refractivity contribution is 5.96. The van der Waals surface area contributed by atoms with Gasteiger partial charge in [-0.1, -0.05) is 12.2 Å². The van der Waals surface area contributed by atoms with Gasteiger partial charge >= 0.3 is 5.97 Å². The van der Waals surface area contributed by atoms with E-state index >= 15 is 0 Å². The van der Waals surface area contributed by atoms with E-state index in [0.29, 0.717) is 11.6 Å². The average Bonchev–Trinajstić information content (AvgIpc) is 3.08. The minimum absolute atomic E-state index is 0.0160. The van der Waals surface area contributed by atoms with E-state index in [-0.39, 0.29) is 17.7 Å². The van der Waals surface area contributed by atoms with Crippen molar-refractivity contribution in [2.45, 2.75) is 6.42 Å². The third-order valence-electron chi connectivity index (χ3n) is 4.26. The molecule has 1 fully saturated rings. The van der Waals surface area contributed by atoms with Crippen molar-refractivity contribution in [2.24, 2.45) is 23.7 Å². The number of aliphatic carboxylic acids is 1. The number of carboxylic acid groups (broad SMARTS) is 1. The number of allylic oxidation sites excluding steroid dienone is 2. The predicted molar refractivity (Wildman–Crippen MR) is 74.8 cm³/mol. The molecule has 3 rings (SSSR count). The fourth-order valence-corrected chi connectivity index (χ4v) is 3.32. The first kappa shape index (κ1) is 13.6. The Labute approximate surface area is 121 Å². The number of pyridine rings is 1. The fraction of sp³-hybridized carbons (Fsp3) is 0.400. The first-order chi connectivity index (χ1) is 10.1. The highest BCUT2D eigenvalue weighted by Crippen LogP contribution is 2.48. The molecular weight excluding hydrogens is 272 g/mol. The first-order valence-electron chi connectivity index (χ1n) is 6.82. The van der Waals surface area contributed by atoms with Crippen LogP contribution in [0.3, 0.4) is 0 Å². The van der Waals surface area contributed by atoms with Gasteiger partial charge in [0, 0.05) is 6.07 Å². The Bertz CT molecular complexity index is 596. The van der Waals surface area contributed by atoms with Gasteiger partial charge in [0.1, 0.15) is 0 Å². The van der Waals surface area contributed by atoms with Crippen molar-refractivity contribution in [1.82, 2.24) is 4.98 Å². The highest BCUT2D eigenvalue weighted by atomic mass is 16.5. The average molecular weight is 288 g/mol. The maximum atomic E-state index is 12.4. The van der Waals surface area contributed by atoms with Gasteiger partial charge in [0.15, 0.2) is 0 Å². The van der Waals surface area contributed by atoms with Crippen LogP contribution in [-0.2, 0) is 9.59 Å². The third-order valence-corrected chi connectivity index (χ3v) is 4.26. The Morgan fingerprint density at radius 3 is 2.57 bits per heavy atom. The molecule has 1 saturated carbocycles. The Morgan fingerprint density at radius 2 is 2.00 bits per heavy atom. The zero-order valence-corrected chi connectivity index (χ0v) is 11.5. The van der Waals surface area contributed by atoms with Gasteiger partial charge in [-0.25, -0.2) is 4.98 Å². The van der Waals surface area contributed by atoms with Gasteiger partial charge in [0.25, 0.3) is 0 Å². The summed E-state index contributed by atoms with van der Waals surface area (Å²) in [6, 6.07) is 3.33. The van der Waals surface area contributed by atoms with Gasteiger partial charge in [-0.05, 0) is 24.3 Å². The second-order valence-electron chi connectivity index (χ2n) is 5.42. The predicted octanol–water partition coefficient (Wildman–Crippen LogP) is 1.55. The number of anilines is 1. The minimum Gasteiger partial charge on any atom is -0.481 e. The van der Waals surface area contributed by atoms with Gasteiger partial charge in [0.2, 0.25) is 11.8 Å². The van der Waals surface area contributed by atoms with Gasteiger partial charge in [0.05, 0.1) is 30.8 Å². The number of amides is 1. The smallest absolute Gasteiger partial charge is 0.307 e. The molecule has 0 radical (unpaired) electrons. The maximum absolute atomic E-state index is 12.4. The number of nitrogens with one attached hydrogen (secondary N) is 1. The molecule has 0 aromatic carbocycles. The van der Waals surface area contributed by atoms with Crippen LogP contribution in [0.2, 0.25) is 0 Å². The zero-order valence-electron chi connectivity index (χ0n) is 11.5. The van der Waals surface area contributed by atoms with Crippen LogP contribution in [0, 0.1) is 23.7 Å². The van der Waals surface area contributed by atoms with Crippen LogP contribution in [0.15, 0.2) is 30.5 Å². The monoisotopic (exact) mass is 288 g/mol. The second-order valence-corrected chi connectivity index (χ2v) is 5.42. The van der Waals surface area contributed by atoms with E-state index in [1.54, 1.807) is 12.1 Å². The molecule has 1 aromatic heterocycles. The number of nitrogens with zero attached hydrogens (tertiary/aromatic N) is 1. The fourth-order valence-electron chi connectivity index (χ4n) is 3.32. The Kier molecular flexibility index (Phi) is 3.37. The van der Waals surface area contributed by atoms with Crippen LogP contribution >= 0.6 is 0 Å². The van der Waals surface area contributed by atoms with Crippen LogP contribution in [0.5, 0.6) is 5.88 Å². The highest BCUT2D eigenvalue weighted by Gasteiger charge is 2.51. The van der Waals surface area contributed by atoms with Crippen molar-refractivity contribution in [3.8, 4) is 5.88 Å². The van der Waals surface area contributed by atoms with E-state index in [1.807, 2.05) is 12.2 Å². The normalized spacial score (nSPS) is 29.4. The maximum Gasteiger partial charge on any atom is 0.307 e. The summed E-state index contributed by atoms with van der Waals surface area (Å²) in [5, 5.41) is 12.1. The van der Waals surface area contributed by atoms with E-state index in [2.05, 4.69) is 10.3 Å². The molecule has 6 heteroatoms. The summed E-state index contributed by atoms with van der Waals surface area (Å²) in [5.41, 5.74) is 0.539. The molecule has 4 atom stereocenters. The van der Waals surface area contributed by atoms with Crippen molar-refractivity contribution in [3.63, 3.8) is 0 Å². The molecule has 110 valence electrons. The van der Waals surface area contributed by atoms with Gasteiger partial charge in [-0.2, -0.15) is 0 Å². The number of ether oxygens (including phenoxy) is 1. The summed E-state index contributed by atoms with van der Waals surface area (Å²) in [6.45, 7) is 0. The lowest BCUT2D eigenvalue weighted by Crippen LogP contribution is -2.36. The Hall–Kier alpha value is -2.37. The number of aromatic nitrogens is 1. The minimum atomic E-state index is -0.903. The number of rotatable bonds is 4. The van der Waals surface area contributed by atoms with Gasteiger partial charge in [-0.15, -0.1) is 0 Å². The van der Waals surface area contributed by atoms with Crippen molar-refractivity contribution in [3.05, 3.63) is 30.5 Å². The topological polar surface area (TPSA) is 88.5 Å². The van der Waals surface area contributed by atoms with Crippen molar-refractivity contribution in [1.29, 1.82) is 0 Å². The second kappa shape index (κ2) is 5.20. The van der Waals surface area contributed by atoms with E-state index in [4.69, 9.17) is 4.74 Å². The molecular formula is C15H16N2O4. The van der Waals surface area contributed by atoms with Gasteiger partial charge in [-0.3, -0.25) is 9.59 Å². The lowest BCUT2D eigenvalue weighted by Gasteiger charge is -2.23. The molecule has 2 unspecified atom stereocenters. The molecule has 1 aromatic rings. The number of methoxy groups -OCH3 is 1. The SMILES string of the molecule is COc1ccc(NC(=O)[C@H]2C3C=CC(C3)[C@H]2C(=O)O)cn1. The standard InChI is InChI=1S/C15H16N2O4/c1-21-11-5-4-10(7-16-11)17-14(18)12-8-2-3-9(6-8)13(12)15(19)20/h2-5,7-9,12-13H,6H2,1H3,(H,17,18)(H,19,20)/t8?,9?,12-,13+/m0/s1. The molecule has 2 N–H and O–H groups in total. The van der Waals surface area contributed by atoms with E-state index < -0.39 is 17.8 Å². The number of carboxylic acids is 1. The van der Waals surface area contributed by atoms with Crippen LogP contribution in [0.1, 0.15) is 6.42 Å². The number of fused-ring (bicyclic) bond motifs is 2. The quantitative estimate of drug-likeness (QED) is 0.821. The van der Waals surface area contributed by atoms with Gasteiger partial charge < -0.3 is 15.2 Å². The number of carbonyl (C=O) groups is 2.